The van der Waals surface area contributed by atoms with Crippen molar-refractivity contribution < 1.29 is 9.21 Å². The van der Waals surface area contributed by atoms with E-state index in [0.29, 0.717) is 23.7 Å². The summed E-state index contributed by atoms with van der Waals surface area (Å²) in [5.41, 5.74) is 5.72. The lowest BCUT2D eigenvalue weighted by atomic mass is 10.0. The second-order valence-corrected chi connectivity index (χ2v) is 8.17. The standard InChI is InChI=1S/C27H21N7O2/c1-17-4-9-21(13-23(17)34-27-30-12-10-22(33-27)20-3-2-11-29-15-20)32-26(35)19-7-5-18(6-8-19)24-16-31-25(14-28)36-24/h2-3,5-8,10-13,15-16H,4,9H2,1H3,(H,32,35)(H,30,33,34). The van der Waals surface area contributed by atoms with E-state index in [4.69, 9.17) is 9.68 Å². The molecule has 9 nitrogen and oxygen atoms in total. The van der Waals surface area contributed by atoms with Crippen molar-refractivity contribution in [2.24, 2.45) is 0 Å². The SMILES string of the molecule is CC1=C(Nc2nccc(-c3cccnc3)n2)C=C(NC(=O)c2ccc(-c3cnc(C#N)o3)cc2)CC1. The van der Waals surface area contributed by atoms with Gasteiger partial charge < -0.3 is 15.1 Å². The fraction of sp³-hybridized carbons (Fsp3) is 0.111. The number of pyridine rings is 1. The van der Waals surface area contributed by atoms with Crippen molar-refractivity contribution in [2.75, 3.05) is 5.32 Å². The van der Waals surface area contributed by atoms with Crippen LogP contribution in [0.5, 0.6) is 0 Å². The van der Waals surface area contributed by atoms with Crippen molar-refractivity contribution in [1.29, 1.82) is 5.26 Å². The quantitative estimate of drug-likeness (QED) is 0.404. The number of benzene rings is 1. The van der Waals surface area contributed by atoms with Crippen LogP contribution in [-0.2, 0) is 0 Å². The Morgan fingerprint density at radius 1 is 1.03 bits per heavy atom. The van der Waals surface area contributed by atoms with Crippen LogP contribution in [0.1, 0.15) is 36.0 Å². The molecule has 2 N–H and O–H groups in total. The van der Waals surface area contributed by atoms with Gasteiger partial charge in [0.2, 0.25) is 5.95 Å². The van der Waals surface area contributed by atoms with E-state index in [1.807, 2.05) is 37.3 Å². The van der Waals surface area contributed by atoms with Gasteiger partial charge in [-0.15, -0.1) is 0 Å². The molecule has 0 radical (unpaired) electrons. The highest BCUT2D eigenvalue weighted by Gasteiger charge is 2.16. The van der Waals surface area contributed by atoms with Gasteiger partial charge in [0.1, 0.15) is 0 Å². The predicted octanol–water partition coefficient (Wildman–Crippen LogP) is 4.86. The van der Waals surface area contributed by atoms with Crippen LogP contribution < -0.4 is 10.6 Å². The molecule has 1 aromatic carbocycles. The number of rotatable bonds is 6. The Labute approximate surface area is 207 Å². The van der Waals surface area contributed by atoms with Crippen molar-refractivity contribution in [3.05, 3.63) is 102 Å². The summed E-state index contributed by atoms with van der Waals surface area (Å²) in [5, 5.41) is 15.2. The number of amides is 1. The van der Waals surface area contributed by atoms with Gasteiger partial charge in [-0.3, -0.25) is 9.78 Å². The number of carbonyl (C=O) groups is 1. The summed E-state index contributed by atoms with van der Waals surface area (Å²) >= 11 is 0. The van der Waals surface area contributed by atoms with E-state index in [9.17, 15) is 4.79 Å². The van der Waals surface area contributed by atoms with Crippen LogP contribution >= 0.6 is 0 Å². The first-order valence-corrected chi connectivity index (χ1v) is 11.3. The van der Waals surface area contributed by atoms with Gasteiger partial charge in [-0.1, -0.05) is 12.1 Å². The van der Waals surface area contributed by atoms with Crippen LogP contribution in [0, 0.1) is 11.3 Å². The highest BCUT2D eigenvalue weighted by Crippen LogP contribution is 2.25. The zero-order valence-electron chi connectivity index (χ0n) is 19.4. The third-order valence-corrected chi connectivity index (χ3v) is 5.71. The van der Waals surface area contributed by atoms with Gasteiger partial charge in [0, 0.05) is 46.7 Å². The van der Waals surface area contributed by atoms with E-state index in [0.717, 1.165) is 40.2 Å². The number of oxazole rings is 1. The summed E-state index contributed by atoms with van der Waals surface area (Å²) < 4.78 is 5.34. The topological polar surface area (TPSA) is 130 Å². The molecule has 3 aromatic heterocycles. The molecule has 0 spiro atoms. The average molecular weight is 476 g/mol. The maximum absolute atomic E-state index is 12.9. The summed E-state index contributed by atoms with van der Waals surface area (Å²) in [5.74, 6) is 0.728. The van der Waals surface area contributed by atoms with Crippen molar-refractivity contribution in [1.82, 2.24) is 25.3 Å². The lowest BCUT2D eigenvalue weighted by Crippen LogP contribution is -2.24. The summed E-state index contributed by atoms with van der Waals surface area (Å²) in [6.45, 7) is 2.04. The highest BCUT2D eigenvalue weighted by atomic mass is 16.4. The molecule has 36 heavy (non-hydrogen) atoms. The number of carbonyl (C=O) groups excluding carboxylic acids is 1. The first kappa shape index (κ1) is 22.7. The minimum atomic E-state index is -0.211. The Hall–Kier alpha value is -5.10. The number of anilines is 1. The molecular weight excluding hydrogens is 454 g/mol. The number of allylic oxidation sites excluding steroid dienone is 3. The Balaban J connectivity index is 1.28. The molecule has 0 atom stereocenters. The first-order chi connectivity index (χ1) is 17.6. The lowest BCUT2D eigenvalue weighted by Gasteiger charge is -2.19. The smallest absolute Gasteiger partial charge is 0.301 e. The normalized spacial score (nSPS) is 13.1. The Morgan fingerprint density at radius 2 is 1.89 bits per heavy atom. The van der Waals surface area contributed by atoms with E-state index >= 15 is 0 Å². The molecule has 0 saturated carbocycles. The largest absolute Gasteiger partial charge is 0.428 e. The summed E-state index contributed by atoms with van der Waals surface area (Å²) in [7, 11) is 0. The van der Waals surface area contributed by atoms with Crippen LogP contribution in [0.3, 0.4) is 0 Å². The molecule has 176 valence electrons. The number of aromatic nitrogens is 4. The minimum Gasteiger partial charge on any atom is -0.428 e. The van der Waals surface area contributed by atoms with Crippen molar-refractivity contribution >= 4 is 11.9 Å². The van der Waals surface area contributed by atoms with Gasteiger partial charge in [0.05, 0.1) is 11.9 Å². The van der Waals surface area contributed by atoms with E-state index < -0.39 is 0 Å². The molecule has 1 amide bonds. The van der Waals surface area contributed by atoms with Crippen molar-refractivity contribution in [2.45, 2.75) is 19.8 Å². The molecule has 0 aliphatic heterocycles. The summed E-state index contributed by atoms with van der Waals surface area (Å²) in [4.78, 5) is 29.8. The summed E-state index contributed by atoms with van der Waals surface area (Å²) in [6, 6.07) is 14.4. The monoisotopic (exact) mass is 475 g/mol. The maximum atomic E-state index is 12.9. The predicted molar refractivity (Wildman–Crippen MR) is 133 cm³/mol. The highest BCUT2D eigenvalue weighted by molar-refractivity contribution is 5.95. The van der Waals surface area contributed by atoms with E-state index in [1.54, 1.807) is 42.9 Å². The number of nitriles is 1. The molecular formula is C27H21N7O2. The van der Waals surface area contributed by atoms with Gasteiger partial charge in [0.25, 0.3) is 5.91 Å². The number of hydrogen-bond acceptors (Lipinski definition) is 8. The molecule has 0 unspecified atom stereocenters. The van der Waals surface area contributed by atoms with Crippen LogP contribution in [0.2, 0.25) is 0 Å². The van der Waals surface area contributed by atoms with E-state index in [-0.39, 0.29) is 11.8 Å². The molecule has 4 aromatic rings. The lowest BCUT2D eigenvalue weighted by molar-refractivity contribution is 0.0964. The second kappa shape index (κ2) is 10.0. The summed E-state index contributed by atoms with van der Waals surface area (Å²) in [6.07, 6.45) is 10.1. The first-order valence-electron chi connectivity index (χ1n) is 11.3. The molecule has 3 heterocycles. The molecule has 0 fully saturated rings. The molecule has 9 heteroatoms. The average Bonchev–Trinajstić information content (AvgIpc) is 3.41. The van der Waals surface area contributed by atoms with Crippen molar-refractivity contribution in [3.63, 3.8) is 0 Å². The number of nitrogens with zero attached hydrogens (tertiary/aromatic N) is 5. The van der Waals surface area contributed by atoms with Crippen LogP contribution in [-0.4, -0.2) is 25.8 Å². The fourth-order valence-corrected chi connectivity index (χ4v) is 3.75. The third-order valence-electron chi connectivity index (χ3n) is 5.71. The molecule has 1 aliphatic carbocycles. The van der Waals surface area contributed by atoms with Crippen LogP contribution in [0.4, 0.5) is 5.95 Å². The van der Waals surface area contributed by atoms with E-state index in [1.165, 1.54) is 6.20 Å². The number of nitrogens with one attached hydrogen (secondary N) is 2. The van der Waals surface area contributed by atoms with Gasteiger partial charge >= 0.3 is 5.89 Å². The van der Waals surface area contributed by atoms with E-state index in [2.05, 4.69) is 30.6 Å². The van der Waals surface area contributed by atoms with Gasteiger partial charge in [-0.2, -0.15) is 5.26 Å². The molecule has 0 bridgehead atoms. The van der Waals surface area contributed by atoms with Gasteiger partial charge in [0.15, 0.2) is 11.8 Å². The maximum Gasteiger partial charge on any atom is 0.301 e. The Bertz CT molecular complexity index is 1510. The second-order valence-electron chi connectivity index (χ2n) is 8.17. The number of hydrogen-bond donors (Lipinski definition) is 2. The molecule has 0 saturated heterocycles. The zero-order valence-corrected chi connectivity index (χ0v) is 19.4. The fourth-order valence-electron chi connectivity index (χ4n) is 3.75. The van der Waals surface area contributed by atoms with Crippen LogP contribution in [0.15, 0.2) is 94.7 Å². The molecule has 1 aliphatic rings. The minimum absolute atomic E-state index is 0.00184. The van der Waals surface area contributed by atoms with Gasteiger partial charge in [-0.25, -0.2) is 15.0 Å². The van der Waals surface area contributed by atoms with Crippen molar-refractivity contribution in [3.8, 4) is 28.7 Å². The Kier molecular flexibility index (Phi) is 6.32. The Morgan fingerprint density at radius 3 is 2.64 bits per heavy atom. The molecule has 5 rings (SSSR count). The zero-order chi connectivity index (χ0) is 24.9. The third kappa shape index (κ3) is 5.03. The van der Waals surface area contributed by atoms with Gasteiger partial charge in [-0.05, 0) is 61.7 Å². The van der Waals surface area contributed by atoms with Crippen LogP contribution in [0.25, 0.3) is 22.6 Å².